The maximum Gasteiger partial charge on any atom is 0.128 e. The molecule has 2 rings (SSSR count). The van der Waals surface area contributed by atoms with Gasteiger partial charge in [-0.25, -0.2) is 4.39 Å². The van der Waals surface area contributed by atoms with E-state index in [0.29, 0.717) is 6.54 Å². The number of methoxy groups -OCH3 is 1. The zero-order valence-corrected chi connectivity index (χ0v) is 9.39. The highest BCUT2D eigenvalue weighted by Crippen LogP contribution is 2.17. The highest BCUT2D eigenvalue weighted by Gasteiger charge is 2.29. The van der Waals surface area contributed by atoms with Crippen molar-refractivity contribution in [2.75, 3.05) is 13.7 Å². The zero-order valence-electron chi connectivity index (χ0n) is 8.57. The lowest BCUT2D eigenvalue weighted by Gasteiger charge is -2.32. The number of halogens is 2. The Bertz CT molecular complexity index is 304. The van der Waals surface area contributed by atoms with Crippen molar-refractivity contribution in [1.82, 2.24) is 5.32 Å². The van der Waals surface area contributed by atoms with Crippen molar-refractivity contribution in [3.63, 3.8) is 0 Å². The standard InChI is InChI=1S/C11H14FNO.ClH/c1-14-9-4-2-8(3-5-9)6-11-10(12)7-13-11;/h2-5,10-11,13H,6-7H2,1H3;1H/t10-,11?;/m0./s1. The summed E-state index contributed by atoms with van der Waals surface area (Å²) in [5.41, 5.74) is 1.14. The molecule has 4 heteroatoms. The Hall–Kier alpha value is -0.800. The third-order valence-electron chi connectivity index (χ3n) is 2.63. The van der Waals surface area contributed by atoms with E-state index in [-0.39, 0.29) is 18.4 Å². The molecule has 2 atom stereocenters. The maximum atomic E-state index is 12.9. The average molecular weight is 232 g/mol. The second-order valence-corrected chi connectivity index (χ2v) is 3.58. The van der Waals surface area contributed by atoms with Crippen LogP contribution >= 0.6 is 12.4 Å². The third-order valence-corrected chi connectivity index (χ3v) is 2.63. The topological polar surface area (TPSA) is 21.3 Å². The minimum atomic E-state index is -0.683. The molecule has 0 saturated carbocycles. The second kappa shape index (κ2) is 5.33. The van der Waals surface area contributed by atoms with E-state index in [4.69, 9.17) is 4.74 Å². The van der Waals surface area contributed by atoms with E-state index in [9.17, 15) is 4.39 Å². The van der Waals surface area contributed by atoms with Crippen LogP contribution in [-0.4, -0.2) is 25.9 Å². The van der Waals surface area contributed by atoms with Gasteiger partial charge in [0.15, 0.2) is 0 Å². The fraction of sp³-hybridized carbons (Fsp3) is 0.455. The number of rotatable bonds is 3. The molecule has 1 fully saturated rings. The second-order valence-electron chi connectivity index (χ2n) is 3.58. The molecule has 0 spiro atoms. The van der Waals surface area contributed by atoms with E-state index >= 15 is 0 Å². The minimum absolute atomic E-state index is 0. The van der Waals surface area contributed by atoms with Gasteiger partial charge in [0, 0.05) is 12.6 Å². The van der Waals surface area contributed by atoms with Gasteiger partial charge in [0.1, 0.15) is 11.9 Å². The summed E-state index contributed by atoms with van der Waals surface area (Å²) in [7, 11) is 1.64. The molecule has 84 valence electrons. The molecule has 0 aliphatic carbocycles. The third kappa shape index (κ3) is 2.83. The molecule has 1 N–H and O–H groups in total. The molecular formula is C11H15ClFNO. The molecular weight excluding hydrogens is 217 g/mol. The lowest BCUT2D eigenvalue weighted by molar-refractivity contribution is 0.158. The van der Waals surface area contributed by atoms with Crippen molar-refractivity contribution in [3.8, 4) is 5.75 Å². The molecule has 0 bridgehead atoms. The van der Waals surface area contributed by atoms with Crippen molar-refractivity contribution >= 4 is 12.4 Å². The van der Waals surface area contributed by atoms with E-state index in [1.807, 2.05) is 24.3 Å². The van der Waals surface area contributed by atoms with Crippen molar-refractivity contribution in [3.05, 3.63) is 29.8 Å². The van der Waals surface area contributed by atoms with Gasteiger partial charge in [0.2, 0.25) is 0 Å². The smallest absolute Gasteiger partial charge is 0.128 e. The van der Waals surface area contributed by atoms with Crippen molar-refractivity contribution in [1.29, 1.82) is 0 Å². The summed E-state index contributed by atoms with van der Waals surface area (Å²) in [5.74, 6) is 0.840. The normalized spacial score (nSPS) is 23.9. The van der Waals surface area contributed by atoms with Gasteiger partial charge >= 0.3 is 0 Å². The Morgan fingerprint density at radius 2 is 2.07 bits per heavy atom. The Labute approximate surface area is 95.2 Å². The molecule has 1 aromatic carbocycles. The molecule has 1 aliphatic heterocycles. The molecule has 2 nitrogen and oxygen atoms in total. The summed E-state index contributed by atoms with van der Waals surface area (Å²) >= 11 is 0. The first-order valence-electron chi connectivity index (χ1n) is 4.80. The van der Waals surface area contributed by atoms with Gasteiger partial charge in [0.05, 0.1) is 7.11 Å². The predicted molar refractivity (Wildman–Crippen MR) is 60.6 cm³/mol. The summed E-state index contributed by atoms with van der Waals surface area (Å²) in [5, 5.41) is 3.07. The fourth-order valence-electron chi connectivity index (χ4n) is 1.59. The average Bonchev–Trinajstić information content (AvgIpc) is 2.24. The van der Waals surface area contributed by atoms with Gasteiger partial charge < -0.3 is 10.1 Å². The molecule has 1 aliphatic rings. The van der Waals surface area contributed by atoms with Crippen LogP contribution < -0.4 is 10.1 Å². The fourth-order valence-corrected chi connectivity index (χ4v) is 1.59. The predicted octanol–water partition coefficient (Wildman–Crippen LogP) is 1.97. The maximum absolute atomic E-state index is 12.9. The van der Waals surface area contributed by atoms with Crippen molar-refractivity contribution in [2.45, 2.75) is 18.6 Å². The number of benzene rings is 1. The van der Waals surface area contributed by atoms with E-state index < -0.39 is 6.17 Å². The minimum Gasteiger partial charge on any atom is -0.497 e. The first-order valence-corrected chi connectivity index (χ1v) is 4.80. The van der Waals surface area contributed by atoms with Crippen molar-refractivity contribution in [2.24, 2.45) is 0 Å². The van der Waals surface area contributed by atoms with Crippen LogP contribution in [0.2, 0.25) is 0 Å². The van der Waals surface area contributed by atoms with Crippen LogP contribution in [0.3, 0.4) is 0 Å². The number of alkyl halides is 1. The van der Waals surface area contributed by atoms with E-state index in [2.05, 4.69) is 5.32 Å². The quantitative estimate of drug-likeness (QED) is 0.859. The lowest BCUT2D eigenvalue weighted by Crippen LogP contribution is -2.55. The monoisotopic (exact) mass is 231 g/mol. The van der Waals surface area contributed by atoms with Crippen LogP contribution in [0.5, 0.6) is 5.75 Å². The first-order chi connectivity index (χ1) is 6.79. The van der Waals surface area contributed by atoms with Crippen LogP contribution in [0.1, 0.15) is 5.56 Å². The van der Waals surface area contributed by atoms with Gasteiger partial charge in [-0.05, 0) is 24.1 Å². The van der Waals surface area contributed by atoms with Crippen LogP contribution in [0, 0.1) is 0 Å². The molecule has 1 unspecified atom stereocenters. The Morgan fingerprint density at radius 3 is 2.47 bits per heavy atom. The van der Waals surface area contributed by atoms with Gasteiger partial charge in [0.25, 0.3) is 0 Å². The van der Waals surface area contributed by atoms with Gasteiger partial charge in [-0.15, -0.1) is 12.4 Å². The summed E-state index contributed by atoms with van der Waals surface area (Å²) in [6, 6.07) is 7.77. The van der Waals surface area contributed by atoms with Gasteiger partial charge in [-0.2, -0.15) is 0 Å². The molecule has 1 saturated heterocycles. The summed E-state index contributed by atoms with van der Waals surface area (Å²) < 4.78 is 18.0. The van der Waals surface area contributed by atoms with Crippen LogP contribution in [0.15, 0.2) is 24.3 Å². The summed E-state index contributed by atoms with van der Waals surface area (Å²) in [6.07, 6.45) is 0.0719. The molecule has 0 aromatic heterocycles. The van der Waals surface area contributed by atoms with Crippen LogP contribution in [0.25, 0.3) is 0 Å². The summed E-state index contributed by atoms with van der Waals surface area (Å²) in [6.45, 7) is 0.501. The molecule has 1 heterocycles. The first kappa shape index (κ1) is 12.3. The van der Waals surface area contributed by atoms with Gasteiger partial charge in [-0.1, -0.05) is 12.1 Å². The highest BCUT2D eigenvalue weighted by molar-refractivity contribution is 5.85. The van der Waals surface area contributed by atoms with Gasteiger partial charge in [-0.3, -0.25) is 0 Å². The summed E-state index contributed by atoms with van der Waals surface area (Å²) in [4.78, 5) is 0. The SMILES string of the molecule is COc1ccc(CC2NC[C@@H]2F)cc1.Cl. The number of ether oxygens (including phenoxy) is 1. The lowest BCUT2D eigenvalue weighted by atomic mass is 9.96. The van der Waals surface area contributed by atoms with Crippen LogP contribution in [0.4, 0.5) is 4.39 Å². The van der Waals surface area contributed by atoms with E-state index in [1.165, 1.54) is 0 Å². The van der Waals surface area contributed by atoms with E-state index in [1.54, 1.807) is 7.11 Å². The molecule has 0 amide bonds. The number of hydrogen-bond donors (Lipinski definition) is 1. The Kier molecular flexibility index (Phi) is 4.36. The number of hydrogen-bond acceptors (Lipinski definition) is 2. The Balaban J connectivity index is 0.00000112. The van der Waals surface area contributed by atoms with Crippen LogP contribution in [-0.2, 0) is 6.42 Å². The Morgan fingerprint density at radius 1 is 1.40 bits per heavy atom. The van der Waals surface area contributed by atoms with E-state index in [0.717, 1.165) is 17.7 Å². The molecule has 1 aromatic rings. The largest absolute Gasteiger partial charge is 0.497 e. The molecule has 0 radical (unpaired) electrons. The van der Waals surface area contributed by atoms with Crippen molar-refractivity contribution < 1.29 is 9.13 Å². The number of nitrogens with one attached hydrogen (secondary N) is 1. The zero-order chi connectivity index (χ0) is 9.97. The highest BCUT2D eigenvalue weighted by atomic mass is 35.5. The molecule has 15 heavy (non-hydrogen) atoms.